The van der Waals surface area contributed by atoms with Gasteiger partial charge in [-0.15, -0.1) is 8.42 Å². The summed E-state index contributed by atoms with van der Waals surface area (Å²) in [5.74, 6) is -0.844. The first kappa shape index (κ1) is 16.6. The van der Waals surface area contributed by atoms with E-state index in [1.165, 1.54) is 0 Å². The summed E-state index contributed by atoms with van der Waals surface area (Å²) in [5.41, 5.74) is 0. The van der Waals surface area contributed by atoms with Crippen molar-refractivity contribution in [3.63, 3.8) is 0 Å². The second kappa shape index (κ2) is 6.48. The highest BCUT2D eigenvalue weighted by molar-refractivity contribution is 7.97. The Morgan fingerprint density at radius 2 is 1.76 bits per heavy atom. The maximum atomic E-state index is 11.8. The Morgan fingerprint density at radius 3 is 2.06 bits per heavy atom. The number of quaternary nitrogens is 1. The van der Waals surface area contributed by atoms with E-state index < -0.39 is 25.3 Å². The predicted octanol–water partition coefficient (Wildman–Crippen LogP) is 1.78. The summed E-state index contributed by atoms with van der Waals surface area (Å²) in [4.78, 5) is 23.2. The molecule has 0 aromatic heterocycles. The molecule has 0 radical (unpaired) electrons. The number of carbonyl (C=O) groups is 2. The normalized spacial score (nSPS) is 15.3. The predicted molar refractivity (Wildman–Crippen MR) is 65.9 cm³/mol. The van der Waals surface area contributed by atoms with Crippen molar-refractivity contribution in [3.05, 3.63) is 0 Å². The smallest absolute Gasteiger partial charge is 0.241 e. The van der Waals surface area contributed by atoms with Gasteiger partial charge in [-0.3, -0.25) is 0 Å². The molecule has 0 aromatic rings. The van der Waals surface area contributed by atoms with Crippen LogP contribution in [0.4, 0.5) is 4.79 Å². The van der Waals surface area contributed by atoms with Crippen LogP contribution >= 0.6 is 12.6 Å². The van der Waals surface area contributed by atoms with Gasteiger partial charge in [0, 0.05) is 0 Å². The molecule has 0 aromatic carbocycles. The quantitative estimate of drug-likeness (QED) is 0.441. The van der Waals surface area contributed by atoms with Gasteiger partial charge in [-0.2, -0.15) is 0 Å². The third kappa shape index (κ3) is 3.51. The van der Waals surface area contributed by atoms with Crippen molar-refractivity contribution in [2.75, 3.05) is 6.54 Å². The van der Waals surface area contributed by atoms with Crippen molar-refractivity contribution in [1.29, 1.82) is 0 Å². The van der Waals surface area contributed by atoms with Gasteiger partial charge < -0.3 is 0 Å². The lowest BCUT2D eigenvalue weighted by molar-refractivity contribution is -0.639. The molecule has 0 saturated heterocycles. The molecular formula is C9H18NO5S2+. The largest absolute Gasteiger partial charge is 0.448 e. The van der Waals surface area contributed by atoms with Gasteiger partial charge >= 0.3 is 21.5 Å². The summed E-state index contributed by atoms with van der Waals surface area (Å²) in [7, 11) is -4.86. The average molecular weight is 284 g/mol. The Labute approximate surface area is 107 Å². The number of hydrogen-bond acceptors (Lipinski definition) is 4. The first-order valence-electron chi connectivity index (χ1n) is 5.36. The molecule has 100 valence electrons. The van der Waals surface area contributed by atoms with Crippen molar-refractivity contribution >= 4 is 34.1 Å². The number of nitrogens with zero attached hydrogens (tertiary/aromatic N) is 1. The molecule has 1 N–H and O–H groups in total. The molecule has 0 rings (SSSR count). The van der Waals surface area contributed by atoms with Crippen LogP contribution in [0.5, 0.6) is 0 Å². The van der Waals surface area contributed by atoms with Gasteiger partial charge in [0.1, 0.15) is 6.54 Å². The highest BCUT2D eigenvalue weighted by Crippen LogP contribution is 2.22. The van der Waals surface area contributed by atoms with E-state index in [9.17, 15) is 22.6 Å². The van der Waals surface area contributed by atoms with Crippen LogP contribution < -0.4 is 0 Å². The molecule has 17 heavy (non-hydrogen) atoms. The fraction of sp³-hybridized carbons (Fsp3) is 0.778. The second-order valence-corrected chi connectivity index (χ2v) is 5.59. The SMILES string of the molecule is CCCC[N+](C(=O)S)(C(=O)CCC)S(=O)(=O)O. The zero-order chi connectivity index (χ0) is 13.7. The van der Waals surface area contributed by atoms with Gasteiger partial charge in [-0.1, -0.05) is 24.2 Å². The molecule has 0 aliphatic rings. The molecular weight excluding hydrogens is 266 g/mol. The number of unbranched alkanes of at least 4 members (excludes halogenated alkanes) is 1. The zero-order valence-corrected chi connectivity index (χ0v) is 11.6. The van der Waals surface area contributed by atoms with Crippen LogP contribution in [0, 0.1) is 0 Å². The molecule has 0 saturated carbocycles. The molecule has 0 aliphatic heterocycles. The van der Waals surface area contributed by atoms with Crippen molar-refractivity contribution in [3.8, 4) is 0 Å². The maximum absolute atomic E-state index is 11.8. The average Bonchev–Trinajstić information content (AvgIpc) is 2.16. The van der Waals surface area contributed by atoms with E-state index in [4.69, 9.17) is 0 Å². The number of amides is 2. The molecule has 8 heteroatoms. The van der Waals surface area contributed by atoms with Crippen LogP contribution in [-0.4, -0.2) is 34.6 Å². The van der Waals surface area contributed by atoms with Gasteiger partial charge in [-0.05, 0) is 25.5 Å². The highest BCUT2D eigenvalue weighted by Gasteiger charge is 2.53. The minimum Gasteiger partial charge on any atom is -0.241 e. The van der Waals surface area contributed by atoms with Gasteiger partial charge in [0.25, 0.3) is 0 Å². The fourth-order valence-electron chi connectivity index (χ4n) is 1.44. The summed E-state index contributed by atoms with van der Waals surface area (Å²) in [5, 5.41) is -1.17. The lowest BCUT2D eigenvalue weighted by Crippen LogP contribution is -2.58. The van der Waals surface area contributed by atoms with E-state index in [1.807, 2.05) is 0 Å². The summed E-state index contributed by atoms with van der Waals surface area (Å²) >= 11 is 3.45. The molecule has 1 atom stereocenters. The number of hydrogen-bond donors (Lipinski definition) is 2. The molecule has 0 heterocycles. The topological polar surface area (TPSA) is 88.5 Å². The Morgan fingerprint density at radius 1 is 1.24 bits per heavy atom. The first-order chi connectivity index (χ1) is 7.74. The van der Waals surface area contributed by atoms with Crippen molar-refractivity contribution < 1.29 is 26.4 Å². The minimum absolute atomic E-state index is 0.101. The van der Waals surface area contributed by atoms with E-state index in [2.05, 4.69) is 12.6 Å². The number of carbonyl (C=O) groups excluding carboxylic acids is 2. The van der Waals surface area contributed by atoms with Crippen molar-refractivity contribution in [2.24, 2.45) is 0 Å². The number of thiol groups is 1. The maximum Gasteiger partial charge on any atom is 0.448 e. The highest BCUT2D eigenvalue weighted by atomic mass is 32.2. The number of imide groups is 1. The van der Waals surface area contributed by atoms with Crippen molar-refractivity contribution in [1.82, 2.24) is 0 Å². The van der Waals surface area contributed by atoms with Crippen LogP contribution in [0.1, 0.15) is 39.5 Å². The summed E-state index contributed by atoms with van der Waals surface area (Å²) < 4.78 is 30.3. The lowest BCUT2D eigenvalue weighted by Gasteiger charge is -2.26. The Hall–Kier alpha value is -0.440. The Kier molecular flexibility index (Phi) is 6.31. The summed E-state index contributed by atoms with van der Waals surface area (Å²) in [6.45, 7) is 3.18. The minimum atomic E-state index is -4.86. The van der Waals surface area contributed by atoms with E-state index in [0.717, 1.165) is 0 Å². The molecule has 0 fully saturated rings. The number of rotatable bonds is 6. The molecule has 0 bridgehead atoms. The van der Waals surface area contributed by atoms with Crippen LogP contribution in [0.15, 0.2) is 0 Å². The van der Waals surface area contributed by atoms with E-state index in [1.54, 1.807) is 13.8 Å². The first-order valence-corrected chi connectivity index (χ1v) is 7.21. The molecule has 1 unspecified atom stereocenters. The van der Waals surface area contributed by atoms with Crippen molar-refractivity contribution in [2.45, 2.75) is 39.5 Å². The van der Waals surface area contributed by atoms with Gasteiger partial charge in [0.15, 0.2) is 0 Å². The van der Waals surface area contributed by atoms with E-state index >= 15 is 0 Å². The van der Waals surface area contributed by atoms with Crippen LogP contribution in [-0.2, 0) is 15.1 Å². The lowest BCUT2D eigenvalue weighted by atomic mass is 10.2. The molecule has 2 amide bonds. The van der Waals surface area contributed by atoms with Crippen LogP contribution in [0.25, 0.3) is 0 Å². The zero-order valence-electron chi connectivity index (χ0n) is 9.92. The van der Waals surface area contributed by atoms with E-state index in [0.29, 0.717) is 19.3 Å². The van der Waals surface area contributed by atoms with Gasteiger partial charge in [-0.25, -0.2) is 14.1 Å². The van der Waals surface area contributed by atoms with E-state index in [-0.39, 0.29) is 13.0 Å². The van der Waals surface area contributed by atoms with Crippen LogP contribution in [0.2, 0.25) is 0 Å². The molecule has 0 aliphatic carbocycles. The van der Waals surface area contributed by atoms with Gasteiger partial charge in [0.05, 0.1) is 6.42 Å². The fourth-order valence-corrected chi connectivity index (χ4v) is 2.87. The second-order valence-electron chi connectivity index (χ2n) is 3.69. The standard InChI is InChI=1S/C9H17NO5S2/c1-3-5-7-10(9(12)16,17(13,14)15)8(11)6-4-2/h3-7H2,1-2H3,(H-,12,13,14,15,16)/p+1. The Balaban J connectivity index is 5.58. The van der Waals surface area contributed by atoms with Gasteiger partial charge in [0.2, 0.25) is 0 Å². The Bertz CT molecular complexity index is 392. The monoisotopic (exact) mass is 284 g/mol. The third-order valence-electron chi connectivity index (χ3n) is 2.40. The third-order valence-corrected chi connectivity index (χ3v) is 4.21. The van der Waals surface area contributed by atoms with Crippen LogP contribution in [0.3, 0.4) is 0 Å². The molecule has 0 spiro atoms. The molecule has 6 nitrogen and oxygen atoms in total. The summed E-state index contributed by atoms with van der Waals surface area (Å²) in [6, 6.07) is 0. The summed E-state index contributed by atoms with van der Waals surface area (Å²) in [6.07, 6.45) is 1.20.